The fourth-order valence-corrected chi connectivity index (χ4v) is 3.71. The third-order valence-electron chi connectivity index (χ3n) is 4.15. The molecule has 0 atom stereocenters. The van der Waals surface area contributed by atoms with Gasteiger partial charge in [0.05, 0.1) is 28.8 Å². The molecule has 0 unspecified atom stereocenters. The summed E-state index contributed by atoms with van der Waals surface area (Å²) in [4.78, 5) is 11.0. The second kappa shape index (κ2) is 6.47. The molecule has 0 amide bonds. The number of halogens is 2. The fourth-order valence-electron chi connectivity index (χ4n) is 2.72. The fraction of sp³-hybridized carbons (Fsp3) is 0.412. The molecule has 0 N–H and O–H groups in total. The second-order valence-electron chi connectivity index (χ2n) is 6.11. The Morgan fingerprint density at radius 1 is 1.29 bits per heavy atom. The summed E-state index contributed by atoms with van der Waals surface area (Å²) in [6.07, 6.45) is 3.79. The molecular weight excluding hydrogens is 330 g/mol. The number of hydrogen-bond donors (Lipinski definition) is 0. The number of thiazole rings is 1. The molecule has 7 heteroatoms. The number of para-hydroxylation sites is 1. The number of alkyl halides is 2. The zero-order valence-corrected chi connectivity index (χ0v) is 13.9. The van der Waals surface area contributed by atoms with Gasteiger partial charge in [0.2, 0.25) is 6.43 Å². The van der Waals surface area contributed by atoms with Crippen LogP contribution < -0.4 is 4.90 Å². The first-order valence-corrected chi connectivity index (χ1v) is 8.92. The van der Waals surface area contributed by atoms with Crippen LogP contribution in [0.5, 0.6) is 0 Å². The van der Waals surface area contributed by atoms with Crippen molar-refractivity contribution < 1.29 is 8.78 Å². The molecule has 0 radical (unpaired) electrons. The zero-order chi connectivity index (χ0) is 16.5. The van der Waals surface area contributed by atoms with E-state index in [0.717, 1.165) is 21.0 Å². The maximum absolute atomic E-state index is 12.7. The smallest absolute Gasteiger partial charge is 0.240 e. The van der Waals surface area contributed by atoms with Crippen LogP contribution in [0, 0.1) is 0 Å². The predicted octanol–water partition coefficient (Wildman–Crippen LogP) is 4.49. The first kappa shape index (κ1) is 15.5. The SMILES string of the molecule is FC(F)CCN(Cc1cn(C2CC2)cn1)c1nc2ccccc2s1. The third kappa shape index (κ3) is 3.40. The summed E-state index contributed by atoms with van der Waals surface area (Å²) >= 11 is 1.54. The van der Waals surface area contributed by atoms with E-state index < -0.39 is 6.43 Å². The van der Waals surface area contributed by atoms with Crippen LogP contribution in [0.2, 0.25) is 0 Å². The molecule has 0 aliphatic heterocycles. The van der Waals surface area contributed by atoms with E-state index >= 15 is 0 Å². The molecule has 2 aromatic heterocycles. The van der Waals surface area contributed by atoms with Gasteiger partial charge in [-0.25, -0.2) is 18.7 Å². The van der Waals surface area contributed by atoms with Crippen molar-refractivity contribution in [2.45, 2.75) is 38.3 Å². The molecule has 4 rings (SSSR count). The van der Waals surface area contributed by atoms with Gasteiger partial charge in [0, 0.05) is 25.2 Å². The van der Waals surface area contributed by atoms with Crippen molar-refractivity contribution in [3.05, 3.63) is 42.5 Å². The number of nitrogens with zero attached hydrogens (tertiary/aromatic N) is 4. The highest BCUT2D eigenvalue weighted by Crippen LogP contribution is 2.35. The van der Waals surface area contributed by atoms with Crippen molar-refractivity contribution in [2.75, 3.05) is 11.4 Å². The minimum atomic E-state index is -2.31. The normalized spacial score (nSPS) is 14.6. The minimum Gasteiger partial charge on any atom is -0.342 e. The van der Waals surface area contributed by atoms with E-state index in [1.54, 1.807) is 0 Å². The molecule has 4 nitrogen and oxygen atoms in total. The van der Waals surface area contributed by atoms with Gasteiger partial charge in [0.25, 0.3) is 0 Å². The first-order chi connectivity index (χ1) is 11.7. The quantitative estimate of drug-likeness (QED) is 0.631. The van der Waals surface area contributed by atoms with E-state index in [-0.39, 0.29) is 13.0 Å². The lowest BCUT2D eigenvalue weighted by molar-refractivity contribution is 0.139. The Bertz CT molecular complexity index is 792. The highest BCUT2D eigenvalue weighted by molar-refractivity contribution is 7.22. The summed E-state index contributed by atoms with van der Waals surface area (Å²) in [6, 6.07) is 8.42. The van der Waals surface area contributed by atoms with Crippen LogP contribution in [0.15, 0.2) is 36.8 Å². The molecule has 2 heterocycles. The monoisotopic (exact) mass is 348 g/mol. The number of fused-ring (bicyclic) bond motifs is 1. The van der Waals surface area contributed by atoms with Crippen LogP contribution in [0.3, 0.4) is 0 Å². The van der Waals surface area contributed by atoms with Crippen molar-refractivity contribution in [3.8, 4) is 0 Å². The van der Waals surface area contributed by atoms with Gasteiger partial charge in [-0.15, -0.1) is 0 Å². The molecular formula is C17H18F2N4S. The summed E-state index contributed by atoms with van der Waals surface area (Å²) in [5.41, 5.74) is 1.80. The maximum atomic E-state index is 12.7. The number of benzene rings is 1. The summed E-state index contributed by atoms with van der Waals surface area (Å²) in [5.74, 6) is 0. The van der Waals surface area contributed by atoms with Gasteiger partial charge in [-0.2, -0.15) is 0 Å². The van der Waals surface area contributed by atoms with Crippen molar-refractivity contribution in [2.24, 2.45) is 0 Å². The molecule has 0 saturated heterocycles. The molecule has 1 fully saturated rings. The minimum absolute atomic E-state index is 0.167. The lowest BCUT2D eigenvalue weighted by Gasteiger charge is -2.20. The number of imidazole rings is 1. The van der Waals surface area contributed by atoms with Crippen molar-refractivity contribution in [1.29, 1.82) is 0 Å². The average molecular weight is 348 g/mol. The molecule has 1 saturated carbocycles. The maximum Gasteiger partial charge on any atom is 0.240 e. The summed E-state index contributed by atoms with van der Waals surface area (Å²) < 4.78 is 28.6. The summed E-state index contributed by atoms with van der Waals surface area (Å²) in [6.45, 7) is 0.778. The largest absolute Gasteiger partial charge is 0.342 e. The molecule has 24 heavy (non-hydrogen) atoms. The topological polar surface area (TPSA) is 34.0 Å². The van der Waals surface area contributed by atoms with Crippen LogP contribution in [0.4, 0.5) is 13.9 Å². The van der Waals surface area contributed by atoms with Gasteiger partial charge in [0.15, 0.2) is 5.13 Å². The van der Waals surface area contributed by atoms with Crippen molar-refractivity contribution >= 4 is 26.7 Å². The Morgan fingerprint density at radius 3 is 2.88 bits per heavy atom. The average Bonchev–Trinajstić information content (AvgIpc) is 3.16. The van der Waals surface area contributed by atoms with Crippen LogP contribution >= 0.6 is 11.3 Å². The lowest BCUT2D eigenvalue weighted by atomic mass is 10.3. The Balaban J connectivity index is 1.57. The summed E-state index contributed by atoms with van der Waals surface area (Å²) in [5, 5.41) is 0.776. The molecule has 1 aliphatic carbocycles. The zero-order valence-electron chi connectivity index (χ0n) is 13.1. The Morgan fingerprint density at radius 2 is 2.12 bits per heavy atom. The molecule has 3 aromatic rings. The van der Waals surface area contributed by atoms with Crippen LogP contribution in [-0.2, 0) is 6.54 Å². The van der Waals surface area contributed by atoms with Gasteiger partial charge in [0.1, 0.15) is 0 Å². The van der Waals surface area contributed by atoms with E-state index in [2.05, 4.69) is 14.5 Å². The second-order valence-corrected chi connectivity index (χ2v) is 7.12. The highest BCUT2D eigenvalue weighted by Gasteiger charge is 2.24. The van der Waals surface area contributed by atoms with Crippen molar-refractivity contribution in [3.63, 3.8) is 0 Å². The van der Waals surface area contributed by atoms with Gasteiger partial charge in [-0.3, -0.25) is 0 Å². The summed E-state index contributed by atoms with van der Waals surface area (Å²) in [7, 11) is 0. The van der Waals surface area contributed by atoms with Crippen LogP contribution in [-0.4, -0.2) is 27.5 Å². The van der Waals surface area contributed by atoms with Crippen LogP contribution in [0.1, 0.15) is 31.0 Å². The predicted molar refractivity (Wildman–Crippen MR) is 91.8 cm³/mol. The highest BCUT2D eigenvalue weighted by atomic mass is 32.1. The van der Waals surface area contributed by atoms with E-state index in [0.29, 0.717) is 12.6 Å². The molecule has 126 valence electrons. The van der Waals surface area contributed by atoms with Crippen molar-refractivity contribution in [1.82, 2.24) is 14.5 Å². The lowest BCUT2D eigenvalue weighted by Crippen LogP contribution is -2.25. The van der Waals surface area contributed by atoms with Gasteiger partial charge >= 0.3 is 0 Å². The number of hydrogen-bond acceptors (Lipinski definition) is 4. The van der Waals surface area contributed by atoms with Gasteiger partial charge < -0.3 is 9.47 Å². The van der Waals surface area contributed by atoms with E-state index in [1.165, 1.54) is 24.2 Å². The Kier molecular flexibility index (Phi) is 4.18. The first-order valence-electron chi connectivity index (χ1n) is 8.10. The molecule has 0 bridgehead atoms. The third-order valence-corrected chi connectivity index (χ3v) is 5.24. The standard InChI is InChI=1S/C17H18F2N4S/c18-16(19)7-8-22(9-12-10-23(11-20-12)13-5-6-13)17-21-14-3-1-2-4-15(14)24-17/h1-4,10-11,13,16H,5-9H2. The molecule has 0 spiro atoms. The Hall–Kier alpha value is -2.02. The number of anilines is 1. The number of rotatable bonds is 7. The van der Waals surface area contributed by atoms with Gasteiger partial charge in [-0.05, 0) is 25.0 Å². The molecule has 1 aromatic carbocycles. The van der Waals surface area contributed by atoms with Gasteiger partial charge in [-0.1, -0.05) is 23.5 Å². The van der Waals surface area contributed by atoms with Crippen LogP contribution in [0.25, 0.3) is 10.2 Å². The molecule has 1 aliphatic rings. The number of aromatic nitrogens is 3. The van der Waals surface area contributed by atoms with E-state index in [4.69, 9.17) is 0 Å². The van der Waals surface area contributed by atoms with E-state index in [1.807, 2.05) is 41.7 Å². The van der Waals surface area contributed by atoms with E-state index in [9.17, 15) is 8.78 Å². The Labute approximate surface area is 142 Å².